The molecule has 40 heavy (non-hydrogen) atoms. The van der Waals surface area contributed by atoms with Crippen LogP contribution in [0, 0.1) is 5.92 Å². The molecular weight excluding hydrogens is 561 g/mol. The van der Waals surface area contributed by atoms with Crippen LogP contribution in [0.2, 0.25) is 5.02 Å². The third-order valence-corrected chi connectivity index (χ3v) is 5.99. The van der Waals surface area contributed by atoms with Crippen molar-refractivity contribution in [2.45, 2.75) is 57.3 Å². The molecule has 0 aliphatic heterocycles. The molecule has 0 aliphatic carbocycles. The van der Waals surface area contributed by atoms with Crippen molar-refractivity contribution in [2.75, 3.05) is 6.54 Å². The first-order valence-electron chi connectivity index (χ1n) is 12.3. The van der Waals surface area contributed by atoms with Gasteiger partial charge in [0.05, 0.1) is 6.04 Å². The molecule has 13 heteroatoms. The third-order valence-electron chi connectivity index (χ3n) is 5.76. The Kier molecular flexibility index (Phi) is 11.6. The molecule has 3 N–H and O–H groups in total. The maximum atomic E-state index is 14.5. The summed E-state index contributed by atoms with van der Waals surface area (Å²) in [5.41, 5.74) is 1.38. The van der Waals surface area contributed by atoms with Crippen molar-refractivity contribution in [2.24, 2.45) is 5.92 Å². The molecule has 0 heterocycles. The van der Waals surface area contributed by atoms with Crippen LogP contribution in [0.4, 0.5) is 22.0 Å². The Morgan fingerprint density at radius 1 is 0.875 bits per heavy atom. The zero-order valence-corrected chi connectivity index (χ0v) is 22.4. The zero-order chi connectivity index (χ0) is 30.1. The van der Waals surface area contributed by atoms with Gasteiger partial charge in [-0.15, -0.1) is 0 Å². The summed E-state index contributed by atoms with van der Waals surface area (Å²) >= 11 is 5.96. The van der Waals surface area contributed by atoms with E-state index in [4.69, 9.17) is 11.6 Å². The minimum atomic E-state index is -4.98. The molecule has 0 aromatic heterocycles. The van der Waals surface area contributed by atoms with Crippen molar-refractivity contribution in [3.63, 3.8) is 0 Å². The van der Waals surface area contributed by atoms with Gasteiger partial charge in [-0.3, -0.25) is 19.2 Å². The lowest BCUT2D eigenvalue weighted by Crippen LogP contribution is -2.59. The summed E-state index contributed by atoms with van der Waals surface area (Å²) < 4.78 is 66.2. The van der Waals surface area contributed by atoms with Crippen LogP contribution in [0.3, 0.4) is 0 Å². The molecule has 0 aliphatic rings. The van der Waals surface area contributed by atoms with Crippen molar-refractivity contribution in [3.05, 3.63) is 70.7 Å². The molecule has 0 fully saturated rings. The van der Waals surface area contributed by atoms with Crippen molar-refractivity contribution < 1.29 is 41.1 Å². The highest BCUT2D eigenvalue weighted by molar-refractivity contribution is 6.30. The Balaban J connectivity index is 2.19. The van der Waals surface area contributed by atoms with Gasteiger partial charge in [-0.05, 0) is 35.6 Å². The van der Waals surface area contributed by atoms with Crippen molar-refractivity contribution in [3.8, 4) is 0 Å². The number of nitrogens with one attached hydrogen (secondary N) is 3. The SMILES string of the molecule is CC(C)C(NC(=O)C(Cc1ccccc1)NC(=O)CCc1cccc(Cl)c1)C(=O)C(F)(F)C(=O)NCC(F)(F)F. The number of rotatable bonds is 13. The Labute approximate surface area is 232 Å². The number of amides is 3. The van der Waals surface area contributed by atoms with Crippen LogP contribution < -0.4 is 16.0 Å². The standard InChI is InChI=1S/C27H29ClF5N3O4/c1-16(2)22(23(38)27(32,33)25(40)34-15-26(29,30)31)36-24(39)20(14-17-7-4-3-5-8-17)35-21(37)12-11-18-9-6-10-19(28)13-18/h3-10,13,16,20,22H,11-12,14-15H2,1-2H3,(H,34,40)(H,35,37)(H,36,39). The maximum Gasteiger partial charge on any atom is 0.405 e. The number of hydrogen-bond donors (Lipinski definition) is 3. The lowest BCUT2D eigenvalue weighted by molar-refractivity contribution is -0.165. The van der Waals surface area contributed by atoms with Gasteiger partial charge in [0, 0.05) is 17.9 Å². The van der Waals surface area contributed by atoms with E-state index in [-0.39, 0.29) is 12.8 Å². The second kappa shape index (κ2) is 14.2. The number of Topliss-reactive ketones (excluding diaryl/α,β-unsaturated/α-hetero) is 1. The van der Waals surface area contributed by atoms with E-state index in [1.807, 2.05) is 0 Å². The predicted octanol–water partition coefficient (Wildman–Crippen LogP) is 4.02. The lowest BCUT2D eigenvalue weighted by Gasteiger charge is -2.27. The summed E-state index contributed by atoms with van der Waals surface area (Å²) in [4.78, 5) is 50.2. The Bertz CT molecular complexity index is 1190. The van der Waals surface area contributed by atoms with Gasteiger partial charge in [0.15, 0.2) is 0 Å². The topological polar surface area (TPSA) is 104 Å². The lowest BCUT2D eigenvalue weighted by atomic mass is 9.94. The molecule has 2 unspecified atom stereocenters. The first-order valence-corrected chi connectivity index (χ1v) is 12.6. The zero-order valence-electron chi connectivity index (χ0n) is 21.7. The minimum absolute atomic E-state index is 0.0388. The highest BCUT2D eigenvalue weighted by Gasteiger charge is 2.52. The molecule has 7 nitrogen and oxygen atoms in total. The number of halogens is 6. The van der Waals surface area contributed by atoms with Gasteiger partial charge in [0.2, 0.25) is 17.6 Å². The molecule has 0 saturated carbocycles. The smallest absolute Gasteiger partial charge is 0.344 e. The molecule has 0 bridgehead atoms. The van der Waals surface area contributed by atoms with E-state index in [0.29, 0.717) is 17.0 Å². The fourth-order valence-electron chi connectivity index (χ4n) is 3.66. The van der Waals surface area contributed by atoms with Gasteiger partial charge in [-0.2, -0.15) is 22.0 Å². The summed E-state index contributed by atoms with van der Waals surface area (Å²) in [6.07, 6.45) is -4.78. The van der Waals surface area contributed by atoms with E-state index in [9.17, 15) is 41.1 Å². The van der Waals surface area contributed by atoms with Crippen LogP contribution in [0.15, 0.2) is 54.6 Å². The van der Waals surface area contributed by atoms with Crippen LogP contribution in [0.5, 0.6) is 0 Å². The van der Waals surface area contributed by atoms with Crippen LogP contribution in [0.1, 0.15) is 31.4 Å². The number of carbonyl (C=O) groups excluding carboxylic acids is 4. The van der Waals surface area contributed by atoms with Gasteiger partial charge in [0.1, 0.15) is 12.6 Å². The molecule has 3 amide bonds. The second-order valence-corrected chi connectivity index (χ2v) is 9.84. The van der Waals surface area contributed by atoms with Crippen LogP contribution >= 0.6 is 11.6 Å². The van der Waals surface area contributed by atoms with E-state index in [1.165, 1.54) is 13.8 Å². The summed E-state index contributed by atoms with van der Waals surface area (Å²) in [5.74, 6) is -11.9. The first kappa shape index (κ1) is 32.7. The summed E-state index contributed by atoms with van der Waals surface area (Å²) in [6.45, 7) is 0.554. The van der Waals surface area contributed by atoms with E-state index in [0.717, 1.165) is 10.9 Å². The number of ketones is 1. The van der Waals surface area contributed by atoms with E-state index < -0.39 is 60.1 Å². The van der Waals surface area contributed by atoms with E-state index in [2.05, 4.69) is 10.6 Å². The maximum absolute atomic E-state index is 14.5. The molecule has 218 valence electrons. The fourth-order valence-corrected chi connectivity index (χ4v) is 3.88. The molecule has 2 aromatic rings. The molecule has 0 spiro atoms. The average Bonchev–Trinajstić information content (AvgIpc) is 2.88. The summed E-state index contributed by atoms with van der Waals surface area (Å²) in [7, 11) is 0. The highest BCUT2D eigenvalue weighted by atomic mass is 35.5. The number of benzene rings is 2. The molecule has 2 aromatic carbocycles. The minimum Gasteiger partial charge on any atom is -0.344 e. The third kappa shape index (κ3) is 10.2. The second-order valence-electron chi connectivity index (χ2n) is 9.41. The molecule has 2 atom stereocenters. The van der Waals surface area contributed by atoms with E-state index in [1.54, 1.807) is 54.6 Å². The normalized spacial score (nSPS) is 13.3. The van der Waals surface area contributed by atoms with Crippen molar-refractivity contribution in [1.29, 1.82) is 0 Å². The molecule has 0 saturated heterocycles. The number of alkyl halides is 5. The summed E-state index contributed by atoms with van der Waals surface area (Å²) in [5, 5.41) is 6.17. The Hall–Kier alpha value is -3.54. The average molecular weight is 590 g/mol. The summed E-state index contributed by atoms with van der Waals surface area (Å²) in [6, 6.07) is 12.0. The number of hydrogen-bond acceptors (Lipinski definition) is 4. The monoisotopic (exact) mass is 589 g/mol. The quantitative estimate of drug-likeness (QED) is 0.242. The molecule has 0 radical (unpaired) electrons. The van der Waals surface area contributed by atoms with Crippen LogP contribution in [0.25, 0.3) is 0 Å². The van der Waals surface area contributed by atoms with Crippen molar-refractivity contribution >= 4 is 35.1 Å². The molecular formula is C27H29ClF5N3O4. The van der Waals surface area contributed by atoms with Gasteiger partial charge in [-0.25, -0.2) is 0 Å². The van der Waals surface area contributed by atoms with Gasteiger partial charge in [-0.1, -0.05) is 67.9 Å². The van der Waals surface area contributed by atoms with Gasteiger partial charge in [0.25, 0.3) is 5.91 Å². The van der Waals surface area contributed by atoms with Gasteiger partial charge >= 0.3 is 12.1 Å². The van der Waals surface area contributed by atoms with Crippen LogP contribution in [-0.2, 0) is 32.0 Å². The Morgan fingerprint density at radius 2 is 1.50 bits per heavy atom. The van der Waals surface area contributed by atoms with Gasteiger partial charge < -0.3 is 16.0 Å². The van der Waals surface area contributed by atoms with Crippen LogP contribution in [-0.4, -0.2) is 54.2 Å². The van der Waals surface area contributed by atoms with Crippen molar-refractivity contribution in [1.82, 2.24) is 16.0 Å². The number of aryl methyl sites for hydroxylation is 1. The predicted molar refractivity (Wildman–Crippen MR) is 138 cm³/mol. The highest BCUT2D eigenvalue weighted by Crippen LogP contribution is 2.22. The Morgan fingerprint density at radius 3 is 2.08 bits per heavy atom. The number of carbonyl (C=O) groups is 4. The molecule has 2 rings (SSSR count). The largest absolute Gasteiger partial charge is 0.405 e. The van der Waals surface area contributed by atoms with E-state index >= 15 is 0 Å². The fraction of sp³-hybridized carbons (Fsp3) is 0.407. The first-order chi connectivity index (χ1) is 18.6.